The number of hydrazone groups is 1. The summed E-state index contributed by atoms with van der Waals surface area (Å²) in [6, 6.07) is 0. The lowest BCUT2D eigenvalue weighted by Crippen LogP contribution is -2.34. The molecule has 1 aromatic heterocycles. The van der Waals surface area contributed by atoms with Gasteiger partial charge in [0.2, 0.25) is 0 Å². The number of aromatic amines is 1. The standard InChI is InChI=1S/C15H23N5O2S/c1-14(2)9-5-6-15(14,3)10(7-9)16-17-11(21)8-23-13-19-18-12(22)20(13)4/h9H,5-8H2,1-4H3,(H,17,21)(H,18,22)/b16-10+. The summed E-state index contributed by atoms with van der Waals surface area (Å²) >= 11 is 1.21. The van der Waals surface area contributed by atoms with Crippen molar-refractivity contribution in [3.8, 4) is 0 Å². The van der Waals surface area contributed by atoms with Gasteiger partial charge in [-0.25, -0.2) is 15.3 Å². The minimum atomic E-state index is -0.287. The largest absolute Gasteiger partial charge is 0.343 e. The van der Waals surface area contributed by atoms with E-state index in [-0.39, 0.29) is 28.2 Å². The van der Waals surface area contributed by atoms with Gasteiger partial charge in [-0.1, -0.05) is 32.5 Å². The summed E-state index contributed by atoms with van der Waals surface area (Å²) in [5.41, 5.74) is 3.84. The summed E-state index contributed by atoms with van der Waals surface area (Å²) in [7, 11) is 1.62. The molecule has 0 aliphatic heterocycles. The zero-order chi connectivity index (χ0) is 16.8. The van der Waals surface area contributed by atoms with Crippen LogP contribution in [-0.2, 0) is 11.8 Å². The molecule has 23 heavy (non-hydrogen) atoms. The summed E-state index contributed by atoms with van der Waals surface area (Å²) in [5, 5.41) is 11.1. The lowest BCUT2D eigenvalue weighted by molar-refractivity contribution is -0.118. The van der Waals surface area contributed by atoms with E-state index in [4.69, 9.17) is 0 Å². The van der Waals surface area contributed by atoms with Crippen LogP contribution < -0.4 is 11.1 Å². The van der Waals surface area contributed by atoms with E-state index in [2.05, 4.69) is 41.5 Å². The molecule has 2 aliphatic carbocycles. The minimum absolute atomic E-state index is 0.0875. The Hall–Kier alpha value is -1.57. The number of aromatic nitrogens is 3. The number of amides is 1. The maximum Gasteiger partial charge on any atom is 0.343 e. The predicted molar refractivity (Wildman–Crippen MR) is 89.4 cm³/mol. The zero-order valence-electron chi connectivity index (χ0n) is 14.0. The van der Waals surface area contributed by atoms with E-state index in [0.29, 0.717) is 11.1 Å². The van der Waals surface area contributed by atoms with Gasteiger partial charge in [0.05, 0.1) is 5.75 Å². The second-order valence-electron chi connectivity index (χ2n) is 7.25. The SMILES string of the molecule is Cn1c(SCC(=O)N/N=C2\CC3CCC2(C)C3(C)C)n[nH]c1=O. The second kappa shape index (κ2) is 5.51. The highest BCUT2D eigenvalue weighted by Gasteiger charge is 2.59. The molecule has 2 atom stereocenters. The molecule has 3 rings (SSSR count). The Balaban J connectivity index is 1.59. The molecule has 0 spiro atoms. The number of nitrogens with zero attached hydrogens (tertiary/aromatic N) is 3. The van der Waals surface area contributed by atoms with Crippen molar-refractivity contribution in [1.82, 2.24) is 20.2 Å². The molecule has 126 valence electrons. The summed E-state index contributed by atoms with van der Waals surface area (Å²) < 4.78 is 1.38. The molecular formula is C15H23N5O2S. The summed E-state index contributed by atoms with van der Waals surface area (Å²) in [5.74, 6) is 0.663. The normalized spacial score (nSPS) is 30.1. The number of carbonyl (C=O) groups is 1. The average molecular weight is 337 g/mol. The van der Waals surface area contributed by atoms with E-state index in [0.717, 1.165) is 18.6 Å². The molecule has 1 heterocycles. The van der Waals surface area contributed by atoms with Crippen LogP contribution in [0.5, 0.6) is 0 Å². The van der Waals surface area contributed by atoms with Crippen LogP contribution in [0, 0.1) is 16.7 Å². The molecule has 1 aromatic rings. The van der Waals surface area contributed by atoms with Crippen LogP contribution in [0.4, 0.5) is 0 Å². The van der Waals surface area contributed by atoms with Gasteiger partial charge in [-0.15, -0.1) is 5.10 Å². The number of H-pyrrole nitrogens is 1. The number of hydrogen-bond donors (Lipinski definition) is 2. The molecular weight excluding hydrogens is 314 g/mol. The van der Waals surface area contributed by atoms with Gasteiger partial charge in [0.15, 0.2) is 5.16 Å². The lowest BCUT2D eigenvalue weighted by atomic mass is 9.70. The Kier molecular flexibility index (Phi) is 3.90. The summed E-state index contributed by atoms with van der Waals surface area (Å²) in [4.78, 5) is 23.3. The number of rotatable bonds is 4. The molecule has 0 aromatic carbocycles. The fourth-order valence-corrected chi connectivity index (χ4v) is 4.56. The second-order valence-corrected chi connectivity index (χ2v) is 8.19. The van der Waals surface area contributed by atoms with Crippen molar-refractivity contribution < 1.29 is 4.79 Å². The number of hydrogen-bond acceptors (Lipinski definition) is 5. The van der Waals surface area contributed by atoms with Crippen LogP contribution in [-0.4, -0.2) is 32.1 Å². The van der Waals surface area contributed by atoms with Crippen LogP contribution in [0.15, 0.2) is 15.1 Å². The highest BCUT2D eigenvalue weighted by atomic mass is 32.2. The quantitative estimate of drug-likeness (QED) is 0.643. The number of thioether (sulfide) groups is 1. The molecule has 2 N–H and O–H groups in total. The van der Waals surface area contributed by atoms with Gasteiger partial charge in [-0.05, 0) is 30.6 Å². The Labute approximate surface area is 139 Å². The van der Waals surface area contributed by atoms with Crippen molar-refractivity contribution in [2.75, 3.05) is 5.75 Å². The first-order valence-corrected chi connectivity index (χ1v) is 8.84. The first-order chi connectivity index (χ1) is 10.8. The lowest BCUT2D eigenvalue weighted by Gasteiger charge is -2.34. The van der Waals surface area contributed by atoms with Crippen LogP contribution in [0.25, 0.3) is 0 Å². The van der Waals surface area contributed by atoms with Gasteiger partial charge in [0.1, 0.15) is 0 Å². The maximum atomic E-state index is 12.0. The number of nitrogens with one attached hydrogen (secondary N) is 2. The van der Waals surface area contributed by atoms with Gasteiger partial charge >= 0.3 is 5.69 Å². The van der Waals surface area contributed by atoms with Gasteiger partial charge in [0.25, 0.3) is 5.91 Å². The molecule has 2 aliphatic rings. The number of fused-ring (bicyclic) bond motifs is 2. The van der Waals surface area contributed by atoms with E-state index in [1.165, 1.54) is 22.7 Å². The molecule has 2 bridgehead atoms. The Morgan fingerprint density at radius 2 is 2.26 bits per heavy atom. The van der Waals surface area contributed by atoms with E-state index in [9.17, 15) is 9.59 Å². The first kappa shape index (κ1) is 16.3. The van der Waals surface area contributed by atoms with Crippen molar-refractivity contribution in [1.29, 1.82) is 0 Å². The molecule has 7 nitrogen and oxygen atoms in total. The average Bonchev–Trinajstić information content (AvgIpc) is 3.00. The third-order valence-electron chi connectivity index (χ3n) is 6.00. The predicted octanol–water partition coefficient (Wildman–Crippen LogP) is 1.52. The van der Waals surface area contributed by atoms with Gasteiger partial charge in [-0.3, -0.25) is 9.36 Å². The van der Waals surface area contributed by atoms with Crippen molar-refractivity contribution in [2.24, 2.45) is 28.9 Å². The Morgan fingerprint density at radius 3 is 2.78 bits per heavy atom. The van der Waals surface area contributed by atoms with Crippen LogP contribution in [0.1, 0.15) is 40.0 Å². The molecule has 0 radical (unpaired) electrons. The van der Waals surface area contributed by atoms with E-state index in [1.54, 1.807) is 7.05 Å². The van der Waals surface area contributed by atoms with Gasteiger partial charge < -0.3 is 0 Å². The Morgan fingerprint density at radius 1 is 1.52 bits per heavy atom. The van der Waals surface area contributed by atoms with Crippen LogP contribution >= 0.6 is 11.8 Å². The summed E-state index contributed by atoms with van der Waals surface area (Å²) in [6.45, 7) is 6.88. The molecule has 2 unspecified atom stereocenters. The summed E-state index contributed by atoms with van der Waals surface area (Å²) in [6.07, 6.45) is 3.37. The van der Waals surface area contributed by atoms with Crippen molar-refractivity contribution in [2.45, 2.75) is 45.2 Å². The van der Waals surface area contributed by atoms with E-state index >= 15 is 0 Å². The fraction of sp³-hybridized carbons (Fsp3) is 0.733. The molecule has 8 heteroatoms. The minimum Gasteiger partial charge on any atom is -0.273 e. The third-order valence-corrected chi connectivity index (χ3v) is 7.03. The van der Waals surface area contributed by atoms with Crippen LogP contribution in [0.3, 0.4) is 0 Å². The maximum absolute atomic E-state index is 12.0. The zero-order valence-corrected chi connectivity index (χ0v) is 14.8. The Bertz CT molecular complexity index is 720. The van der Waals surface area contributed by atoms with Gasteiger partial charge in [0, 0.05) is 18.2 Å². The highest BCUT2D eigenvalue weighted by molar-refractivity contribution is 7.99. The van der Waals surface area contributed by atoms with Crippen molar-refractivity contribution in [3.05, 3.63) is 10.5 Å². The van der Waals surface area contributed by atoms with Crippen molar-refractivity contribution >= 4 is 23.4 Å². The fourth-order valence-electron chi connectivity index (χ4n) is 3.85. The molecule has 2 saturated carbocycles. The molecule has 0 saturated heterocycles. The van der Waals surface area contributed by atoms with E-state index < -0.39 is 0 Å². The number of carbonyl (C=O) groups excluding carboxylic acids is 1. The van der Waals surface area contributed by atoms with Crippen LogP contribution in [0.2, 0.25) is 0 Å². The third kappa shape index (κ3) is 2.52. The molecule has 2 fully saturated rings. The van der Waals surface area contributed by atoms with Crippen molar-refractivity contribution in [3.63, 3.8) is 0 Å². The topological polar surface area (TPSA) is 92.1 Å². The van der Waals surface area contributed by atoms with Gasteiger partial charge in [-0.2, -0.15) is 5.10 Å². The van der Waals surface area contributed by atoms with E-state index in [1.807, 2.05) is 0 Å². The monoisotopic (exact) mass is 337 g/mol. The molecule has 1 amide bonds. The first-order valence-electron chi connectivity index (χ1n) is 7.86. The highest BCUT2D eigenvalue weighted by Crippen LogP contribution is 2.63. The smallest absolute Gasteiger partial charge is 0.273 e.